The van der Waals surface area contributed by atoms with Crippen molar-refractivity contribution in [3.8, 4) is 11.5 Å². The Morgan fingerprint density at radius 1 is 1.37 bits per heavy atom. The monoisotopic (exact) mass is 266 g/mol. The number of epoxide rings is 1. The maximum absolute atomic E-state index is 11.7. The van der Waals surface area contributed by atoms with Gasteiger partial charge in [0.1, 0.15) is 17.1 Å². The van der Waals surface area contributed by atoms with Gasteiger partial charge < -0.3 is 18.9 Å². The Balaban J connectivity index is 2.29. The van der Waals surface area contributed by atoms with Crippen LogP contribution in [0.15, 0.2) is 18.2 Å². The fraction of sp³-hybridized carbons (Fsp3) is 0.500. The van der Waals surface area contributed by atoms with Gasteiger partial charge in [0.15, 0.2) is 6.10 Å². The summed E-state index contributed by atoms with van der Waals surface area (Å²) in [6, 6.07) is 5.41. The van der Waals surface area contributed by atoms with Crippen molar-refractivity contribution < 1.29 is 23.7 Å². The molecule has 2 unspecified atom stereocenters. The SMILES string of the molecule is CCOC(=O)C1OC1(C)c1cc(OC)ccc1OC. The molecule has 2 rings (SSSR count). The second-order valence-corrected chi connectivity index (χ2v) is 4.42. The number of hydrogen-bond donors (Lipinski definition) is 0. The normalized spacial score (nSPS) is 24.7. The predicted molar refractivity (Wildman–Crippen MR) is 68.4 cm³/mol. The van der Waals surface area contributed by atoms with Gasteiger partial charge in [-0.05, 0) is 32.0 Å². The van der Waals surface area contributed by atoms with Gasteiger partial charge in [-0.15, -0.1) is 0 Å². The van der Waals surface area contributed by atoms with Gasteiger partial charge in [0.25, 0.3) is 0 Å². The topological polar surface area (TPSA) is 57.3 Å². The number of benzene rings is 1. The number of carbonyl (C=O) groups excluding carboxylic acids is 1. The zero-order valence-corrected chi connectivity index (χ0v) is 11.6. The van der Waals surface area contributed by atoms with Crippen molar-refractivity contribution in [1.29, 1.82) is 0 Å². The van der Waals surface area contributed by atoms with Gasteiger partial charge in [-0.2, -0.15) is 0 Å². The van der Waals surface area contributed by atoms with Gasteiger partial charge in [0.05, 0.1) is 20.8 Å². The van der Waals surface area contributed by atoms with Crippen LogP contribution in [0.4, 0.5) is 0 Å². The molecule has 1 aliphatic rings. The number of methoxy groups -OCH3 is 2. The summed E-state index contributed by atoms with van der Waals surface area (Å²) in [6.07, 6.45) is -0.589. The number of hydrogen-bond acceptors (Lipinski definition) is 5. The standard InChI is InChI=1S/C14H18O5/c1-5-18-13(15)12-14(2,19-12)10-8-9(16-3)6-7-11(10)17-4/h6-8,12H,5H2,1-4H3. The van der Waals surface area contributed by atoms with E-state index in [1.54, 1.807) is 33.3 Å². The molecule has 0 N–H and O–H groups in total. The smallest absolute Gasteiger partial charge is 0.338 e. The van der Waals surface area contributed by atoms with Gasteiger partial charge in [0, 0.05) is 5.56 Å². The summed E-state index contributed by atoms with van der Waals surface area (Å²) in [7, 11) is 3.17. The number of rotatable bonds is 5. The first-order chi connectivity index (χ1) is 9.06. The number of esters is 1. The Morgan fingerprint density at radius 3 is 2.68 bits per heavy atom. The lowest BCUT2D eigenvalue weighted by Gasteiger charge is -2.13. The Morgan fingerprint density at radius 2 is 2.11 bits per heavy atom. The largest absolute Gasteiger partial charge is 0.497 e. The van der Waals surface area contributed by atoms with Crippen molar-refractivity contribution in [2.45, 2.75) is 25.6 Å². The van der Waals surface area contributed by atoms with Gasteiger partial charge in [0.2, 0.25) is 0 Å². The van der Waals surface area contributed by atoms with Crippen LogP contribution in [0.5, 0.6) is 11.5 Å². The molecule has 0 saturated carbocycles. The molecule has 0 spiro atoms. The van der Waals surface area contributed by atoms with Gasteiger partial charge in [-0.25, -0.2) is 4.79 Å². The van der Waals surface area contributed by atoms with Gasteiger partial charge >= 0.3 is 5.97 Å². The lowest BCUT2D eigenvalue weighted by atomic mass is 9.96. The summed E-state index contributed by atoms with van der Waals surface area (Å²) in [6.45, 7) is 3.94. The molecule has 1 heterocycles. The van der Waals surface area contributed by atoms with E-state index in [1.165, 1.54) is 0 Å². The predicted octanol–water partition coefficient (Wildman–Crippen LogP) is 1.88. The molecule has 19 heavy (non-hydrogen) atoms. The molecule has 104 valence electrons. The van der Waals surface area contributed by atoms with Crippen LogP contribution >= 0.6 is 0 Å². The van der Waals surface area contributed by atoms with Crippen LogP contribution in [0.1, 0.15) is 19.4 Å². The fourth-order valence-corrected chi connectivity index (χ4v) is 2.11. The summed E-state index contributed by atoms with van der Waals surface area (Å²) in [5.74, 6) is 1.00. The van der Waals surface area contributed by atoms with Gasteiger partial charge in [-0.3, -0.25) is 0 Å². The van der Waals surface area contributed by atoms with E-state index in [0.717, 1.165) is 5.56 Å². The average Bonchev–Trinajstić information content (AvgIpc) is 3.12. The molecule has 0 aliphatic carbocycles. The van der Waals surface area contributed by atoms with Crippen LogP contribution in [-0.2, 0) is 19.9 Å². The highest BCUT2D eigenvalue weighted by atomic mass is 16.7. The molecule has 0 bridgehead atoms. The minimum absolute atomic E-state index is 0.337. The van der Waals surface area contributed by atoms with Crippen LogP contribution in [0.2, 0.25) is 0 Å². The maximum Gasteiger partial charge on any atom is 0.338 e. The van der Waals surface area contributed by atoms with Crippen LogP contribution in [0, 0.1) is 0 Å². The number of carbonyl (C=O) groups is 1. The van der Waals surface area contributed by atoms with E-state index < -0.39 is 11.7 Å². The molecule has 1 fully saturated rings. The molecule has 1 aromatic rings. The quantitative estimate of drug-likeness (QED) is 0.601. The Bertz CT molecular complexity index is 485. The molecule has 1 saturated heterocycles. The first kappa shape index (κ1) is 13.7. The van der Waals surface area contributed by atoms with Crippen molar-refractivity contribution in [3.63, 3.8) is 0 Å². The van der Waals surface area contributed by atoms with Crippen molar-refractivity contribution >= 4 is 5.97 Å². The Labute approximate surface area is 112 Å². The van der Waals surface area contributed by atoms with E-state index in [2.05, 4.69) is 0 Å². The van der Waals surface area contributed by atoms with Crippen LogP contribution in [-0.4, -0.2) is 32.9 Å². The molecule has 1 aliphatic heterocycles. The average molecular weight is 266 g/mol. The van der Waals surface area contributed by atoms with Crippen molar-refractivity contribution in [3.05, 3.63) is 23.8 Å². The minimum Gasteiger partial charge on any atom is -0.497 e. The fourth-order valence-electron chi connectivity index (χ4n) is 2.11. The highest BCUT2D eigenvalue weighted by Crippen LogP contribution is 2.50. The second kappa shape index (κ2) is 5.09. The molecule has 5 nitrogen and oxygen atoms in total. The Hall–Kier alpha value is -1.75. The summed E-state index contributed by atoms with van der Waals surface area (Å²) in [4.78, 5) is 11.7. The zero-order valence-electron chi connectivity index (χ0n) is 11.6. The van der Waals surface area contributed by atoms with Crippen LogP contribution in [0.25, 0.3) is 0 Å². The molecule has 0 aromatic heterocycles. The second-order valence-electron chi connectivity index (χ2n) is 4.42. The summed E-state index contributed by atoms with van der Waals surface area (Å²) in [5, 5.41) is 0. The molecule has 1 aromatic carbocycles. The van der Waals surface area contributed by atoms with E-state index in [9.17, 15) is 4.79 Å². The summed E-state index contributed by atoms with van der Waals surface area (Å²) < 4.78 is 21.0. The van der Waals surface area contributed by atoms with E-state index in [4.69, 9.17) is 18.9 Å². The zero-order chi connectivity index (χ0) is 14.0. The Kier molecular flexibility index (Phi) is 3.66. The van der Waals surface area contributed by atoms with Crippen LogP contribution < -0.4 is 9.47 Å². The van der Waals surface area contributed by atoms with Crippen LogP contribution in [0.3, 0.4) is 0 Å². The molecule has 0 radical (unpaired) electrons. The molecular weight excluding hydrogens is 248 g/mol. The highest BCUT2D eigenvalue weighted by Gasteiger charge is 2.60. The summed E-state index contributed by atoms with van der Waals surface area (Å²) >= 11 is 0. The van der Waals surface area contributed by atoms with Crippen molar-refractivity contribution in [2.75, 3.05) is 20.8 Å². The number of ether oxygens (including phenoxy) is 4. The third-order valence-corrected chi connectivity index (χ3v) is 3.25. The van der Waals surface area contributed by atoms with E-state index in [0.29, 0.717) is 18.1 Å². The minimum atomic E-state index is -0.716. The maximum atomic E-state index is 11.7. The van der Waals surface area contributed by atoms with Crippen molar-refractivity contribution in [2.24, 2.45) is 0 Å². The molecule has 2 atom stereocenters. The third-order valence-electron chi connectivity index (χ3n) is 3.25. The molecule has 0 amide bonds. The van der Waals surface area contributed by atoms with Crippen molar-refractivity contribution in [1.82, 2.24) is 0 Å². The first-order valence-corrected chi connectivity index (χ1v) is 6.13. The lowest BCUT2D eigenvalue weighted by molar-refractivity contribution is -0.144. The van der Waals surface area contributed by atoms with E-state index in [1.807, 2.05) is 13.0 Å². The molecule has 5 heteroatoms. The highest BCUT2D eigenvalue weighted by molar-refractivity contribution is 5.80. The van der Waals surface area contributed by atoms with E-state index in [-0.39, 0.29) is 5.97 Å². The van der Waals surface area contributed by atoms with Gasteiger partial charge in [-0.1, -0.05) is 0 Å². The third kappa shape index (κ3) is 2.38. The van der Waals surface area contributed by atoms with E-state index >= 15 is 0 Å². The summed E-state index contributed by atoms with van der Waals surface area (Å²) in [5.41, 5.74) is 0.0685. The lowest BCUT2D eigenvalue weighted by Crippen LogP contribution is -2.19. The molecular formula is C14H18O5. The first-order valence-electron chi connectivity index (χ1n) is 6.13.